The first-order chi connectivity index (χ1) is 12.2. The second kappa shape index (κ2) is 8.00. The van der Waals surface area contributed by atoms with E-state index in [0.29, 0.717) is 13.1 Å². The third-order valence-electron chi connectivity index (χ3n) is 4.55. The van der Waals surface area contributed by atoms with Gasteiger partial charge in [-0.25, -0.2) is 4.98 Å². The van der Waals surface area contributed by atoms with Crippen molar-refractivity contribution in [2.75, 3.05) is 37.6 Å². The number of anilines is 1. The van der Waals surface area contributed by atoms with Gasteiger partial charge in [0, 0.05) is 32.3 Å². The van der Waals surface area contributed by atoms with E-state index in [1.54, 1.807) is 11.1 Å². The van der Waals surface area contributed by atoms with Crippen LogP contribution in [0.3, 0.4) is 0 Å². The standard InChI is InChI=1S/C18H24N4O3/c1-2-16(23)20-12-17(24)22-11-7-14(13-22)25-15-6-5-8-19-18(15)21-9-3-4-10-21/h2,5-6,8,14H,1,3-4,7,9-13H2,(H,20,23)/t14-/m0/s1. The number of carbonyl (C=O) groups is 2. The van der Waals surface area contributed by atoms with Gasteiger partial charge in [-0.15, -0.1) is 0 Å². The second-order valence-electron chi connectivity index (χ2n) is 6.31. The van der Waals surface area contributed by atoms with Crippen molar-refractivity contribution >= 4 is 17.6 Å². The molecule has 1 aromatic rings. The lowest BCUT2D eigenvalue weighted by molar-refractivity contribution is -0.131. The number of nitrogens with one attached hydrogen (secondary N) is 1. The monoisotopic (exact) mass is 344 g/mol. The van der Waals surface area contributed by atoms with E-state index < -0.39 is 0 Å². The van der Waals surface area contributed by atoms with Gasteiger partial charge < -0.3 is 19.9 Å². The molecule has 1 N–H and O–H groups in total. The van der Waals surface area contributed by atoms with E-state index in [4.69, 9.17) is 4.74 Å². The molecular formula is C18H24N4O3. The van der Waals surface area contributed by atoms with Crippen LogP contribution < -0.4 is 15.0 Å². The lowest BCUT2D eigenvalue weighted by atomic mass is 10.3. The molecule has 7 heteroatoms. The van der Waals surface area contributed by atoms with Crippen molar-refractivity contribution in [1.29, 1.82) is 0 Å². The number of rotatable bonds is 6. The topological polar surface area (TPSA) is 74.8 Å². The van der Waals surface area contributed by atoms with Crippen molar-refractivity contribution in [3.63, 3.8) is 0 Å². The molecule has 2 amide bonds. The van der Waals surface area contributed by atoms with Crippen LogP contribution in [-0.2, 0) is 9.59 Å². The minimum Gasteiger partial charge on any atom is -0.485 e. The van der Waals surface area contributed by atoms with Crippen molar-refractivity contribution in [3.05, 3.63) is 31.0 Å². The van der Waals surface area contributed by atoms with Crippen molar-refractivity contribution in [3.8, 4) is 5.75 Å². The SMILES string of the molecule is C=CC(=O)NCC(=O)N1CC[C@H](Oc2cccnc2N2CCCC2)C1. The van der Waals surface area contributed by atoms with Crippen molar-refractivity contribution in [2.24, 2.45) is 0 Å². The summed E-state index contributed by atoms with van der Waals surface area (Å²) in [6.07, 6.45) is 6.02. The molecule has 2 fully saturated rings. The van der Waals surface area contributed by atoms with Crippen LogP contribution in [0.2, 0.25) is 0 Å². The zero-order valence-corrected chi connectivity index (χ0v) is 14.3. The maximum Gasteiger partial charge on any atom is 0.243 e. The molecule has 0 saturated carbocycles. The van der Waals surface area contributed by atoms with Gasteiger partial charge in [0.2, 0.25) is 11.8 Å². The summed E-state index contributed by atoms with van der Waals surface area (Å²) in [4.78, 5) is 31.8. The molecule has 0 aliphatic carbocycles. The Morgan fingerprint density at radius 3 is 2.92 bits per heavy atom. The number of hydrogen-bond donors (Lipinski definition) is 1. The van der Waals surface area contributed by atoms with Crippen LogP contribution in [0, 0.1) is 0 Å². The van der Waals surface area contributed by atoms with Crippen molar-refractivity contribution in [1.82, 2.24) is 15.2 Å². The summed E-state index contributed by atoms with van der Waals surface area (Å²) in [5, 5.41) is 2.51. The molecule has 3 heterocycles. The van der Waals surface area contributed by atoms with E-state index in [0.717, 1.165) is 37.2 Å². The summed E-state index contributed by atoms with van der Waals surface area (Å²) < 4.78 is 6.14. The Labute approximate surface area is 147 Å². The number of pyridine rings is 1. The molecule has 1 aromatic heterocycles. The molecule has 2 aliphatic rings. The summed E-state index contributed by atoms with van der Waals surface area (Å²) in [7, 11) is 0. The fraction of sp³-hybridized carbons (Fsp3) is 0.500. The Kier molecular flexibility index (Phi) is 5.53. The molecule has 7 nitrogen and oxygen atoms in total. The van der Waals surface area contributed by atoms with E-state index in [9.17, 15) is 9.59 Å². The summed E-state index contributed by atoms with van der Waals surface area (Å²) in [5.41, 5.74) is 0. The van der Waals surface area contributed by atoms with E-state index in [1.165, 1.54) is 12.8 Å². The number of nitrogens with zero attached hydrogens (tertiary/aromatic N) is 3. The number of carbonyl (C=O) groups excluding carboxylic acids is 2. The molecule has 0 spiro atoms. The van der Waals surface area contributed by atoms with Gasteiger partial charge in [0.1, 0.15) is 6.10 Å². The number of aromatic nitrogens is 1. The normalized spacial score (nSPS) is 19.8. The Balaban J connectivity index is 1.56. The molecule has 2 aliphatic heterocycles. The van der Waals surface area contributed by atoms with Crippen molar-refractivity contribution < 1.29 is 14.3 Å². The van der Waals surface area contributed by atoms with Crippen molar-refractivity contribution in [2.45, 2.75) is 25.4 Å². The fourth-order valence-corrected chi connectivity index (χ4v) is 3.22. The highest BCUT2D eigenvalue weighted by atomic mass is 16.5. The predicted molar refractivity (Wildman–Crippen MR) is 94.5 cm³/mol. The summed E-state index contributed by atoms with van der Waals surface area (Å²) >= 11 is 0. The zero-order valence-electron chi connectivity index (χ0n) is 14.3. The molecule has 0 radical (unpaired) electrons. The minimum atomic E-state index is -0.342. The summed E-state index contributed by atoms with van der Waals surface area (Å²) in [5.74, 6) is 1.23. The Morgan fingerprint density at radius 1 is 1.36 bits per heavy atom. The third-order valence-corrected chi connectivity index (χ3v) is 4.55. The lowest BCUT2D eigenvalue weighted by Crippen LogP contribution is -2.39. The maximum atomic E-state index is 12.1. The number of likely N-dealkylation sites (tertiary alicyclic amines) is 1. The molecule has 25 heavy (non-hydrogen) atoms. The predicted octanol–water partition coefficient (Wildman–Crippen LogP) is 0.964. The molecule has 134 valence electrons. The van der Waals surface area contributed by atoms with Crippen LogP contribution in [0.15, 0.2) is 31.0 Å². The van der Waals surface area contributed by atoms with E-state index in [1.807, 2.05) is 12.1 Å². The number of amides is 2. The quantitative estimate of drug-likeness (QED) is 0.778. The van der Waals surface area contributed by atoms with Gasteiger partial charge >= 0.3 is 0 Å². The average molecular weight is 344 g/mol. The maximum absolute atomic E-state index is 12.1. The first-order valence-electron chi connectivity index (χ1n) is 8.72. The van der Waals surface area contributed by atoms with Crippen LogP contribution in [-0.4, -0.2) is 60.5 Å². The van der Waals surface area contributed by atoms with Crippen LogP contribution in [0.1, 0.15) is 19.3 Å². The summed E-state index contributed by atoms with van der Waals surface area (Å²) in [6.45, 7) is 6.53. The van der Waals surface area contributed by atoms with Gasteiger partial charge in [-0.1, -0.05) is 6.58 Å². The van der Waals surface area contributed by atoms with Gasteiger partial charge in [-0.3, -0.25) is 9.59 Å². The van der Waals surface area contributed by atoms with Crippen LogP contribution in [0.25, 0.3) is 0 Å². The number of ether oxygens (including phenoxy) is 1. The zero-order chi connectivity index (χ0) is 17.6. The van der Waals surface area contributed by atoms with E-state index in [2.05, 4.69) is 21.8 Å². The molecular weight excluding hydrogens is 320 g/mol. The fourth-order valence-electron chi connectivity index (χ4n) is 3.22. The molecule has 0 aromatic carbocycles. The second-order valence-corrected chi connectivity index (χ2v) is 6.31. The smallest absolute Gasteiger partial charge is 0.243 e. The molecule has 0 bridgehead atoms. The Bertz CT molecular complexity index is 643. The van der Waals surface area contributed by atoms with Gasteiger partial charge in [0.15, 0.2) is 11.6 Å². The molecule has 3 rings (SSSR count). The summed E-state index contributed by atoms with van der Waals surface area (Å²) in [6, 6.07) is 3.81. The van der Waals surface area contributed by atoms with E-state index in [-0.39, 0.29) is 24.5 Å². The first kappa shape index (κ1) is 17.3. The highest BCUT2D eigenvalue weighted by molar-refractivity contribution is 5.90. The number of hydrogen-bond acceptors (Lipinski definition) is 5. The van der Waals surface area contributed by atoms with Gasteiger partial charge in [0.25, 0.3) is 0 Å². The lowest BCUT2D eigenvalue weighted by Gasteiger charge is -2.22. The Hall–Kier alpha value is -2.57. The Morgan fingerprint density at radius 2 is 2.16 bits per heavy atom. The highest BCUT2D eigenvalue weighted by Gasteiger charge is 2.29. The van der Waals surface area contributed by atoms with E-state index >= 15 is 0 Å². The van der Waals surface area contributed by atoms with Crippen LogP contribution in [0.5, 0.6) is 5.75 Å². The van der Waals surface area contributed by atoms with Crippen LogP contribution >= 0.6 is 0 Å². The third kappa shape index (κ3) is 4.29. The molecule has 2 saturated heterocycles. The molecule has 1 atom stereocenters. The average Bonchev–Trinajstić information content (AvgIpc) is 3.32. The largest absolute Gasteiger partial charge is 0.485 e. The van der Waals surface area contributed by atoms with Gasteiger partial charge in [-0.2, -0.15) is 0 Å². The minimum absolute atomic E-state index is 0.0104. The molecule has 0 unspecified atom stereocenters. The highest BCUT2D eigenvalue weighted by Crippen LogP contribution is 2.30. The van der Waals surface area contributed by atoms with Gasteiger partial charge in [0.05, 0.1) is 13.1 Å². The van der Waals surface area contributed by atoms with Gasteiger partial charge in [-0.05, 0) is 31.1 Å². The van der Waals surface area contributed by atoms with Crippen LogP contribution in [0.4, 0.5) is 5.82 Å². The first-order valence-corrected chi connectivity index (χ1v) is 8.72.